The number of carbonyl (C=O) groups is 3. The zero-order valence-electron chi connectivity index (χ0n) is 50.5. The lowest BCUT2D eigenvalue weighted by Gasteiger charge is -2.25. The number of allylic oxidation sites excluding steroid dienone is 26. The highest BCUT2D eigenvalue weighted by Gasteiger charge is 2.25. The number of rotatable bonds is 54. The molecule has 0 fully saturated rings. The fourth-order valence-electron chi connectivity index (χ4n) is 7.64. The van der Waals surface area contributed by atoms with Gasteiger partial charge in [-0.1, -0.05) is 230 Å². The zero-order chi connectivity index (χ0) is 57.6. The van der Waals surface area contributed by atoms with E-state index in [1.165, 1.54) is 38.5 Å². The molecule has 1 N–H and O–H groups in total. The lowest BCUT2D eigenvalue weighted by molar-refractivity contribution is -0.870. The van der Waals surface area contributed by atoms with Crippen LogP contribution in [0, 0.1) is 0 Å². The fourth-order valence-corrected chi connectivity index (χ4v) is 7.64. The first-order chi connectivity index (χ1) is 38.6. The van der Waals surface area contributed by atoms with Crippen molar-refractivity contribution in [2.45, 2.75) is 219 Å². The number of unbranched alkanes of at least 4 members (excludes halogenated alkanes) is 13. The van der Waals surface area contributed by atoms with E-state index in [1.807, 2.05) is 21.1 Å². The fraction of sp³-hybridized carbons (Fsp3) is 0.586. The number of aliphatic carboxylic acids is 1. The van der Waals surface area contributed by atoms with E-state index in [0.717, 1.165) is 135 Å². The second-order valence-electron chi connectivity index (χ2n) is 20.9. The summed E-state index contributed by atoms with van der Waals surface area (Å²) in [7, 11) is 5.94. The Labute approximate surface area is 483 Å². The number of nitrogens with zero attached hydrogens (tertiary/aromatic N) is 1. The Kier molecular flexibility index (Phi) is 55.2. The topological polar surface area (TPSA) is 108 Å². The van der Waals surface area contributed by atoms with Crippen LogP contribution in [0.25, 0.3) is 0 Å². The maximum absolute atomic E-state index is 12.9. The van der Waals surface area contributed by atoms with E-state index in [1.54, 1.807) is 0 Å². The molecule has 9 heteroatoms. The molecular weight excluding hydrogens is 983 g/mol. The number of ether oxygens (including phenoxy) is 4. The van der Waals surface area contributed by atoms with Gasteiger partial charge in [-0.25, -0.2) is 4.79 Å². The molecule has 0 saturated heterocycles. The Balaban J connectivity index is 4.35. The van der Waals surface area contributed by atoms with Crippen molar-refractivity contribution < 1.29 is 42.9 Å². The average molecular weight is 1100 g/mol. The van der Waals surface area contributed by atoms with Gasteiger partial charge in [0.15, 0.2) is 6.10 Å². The van der Waals surface area contributed by atoms with Gasteiger partial charge in [0.05, 0.1) is 34.4 Å². The largest absolute Gasteiger partial charge is 0.477 e. The summed E-state index contributed by atoms with van der Waals surface area (Å²) in [6, 6.07) is 0. The Morgan fingerprint density at radius 2 is 0.684 bits per heavy atom. The van der Waals surface area contributed by atoms with Crippen molar-refractivity contribution in [1.29, 1.82) is 0 Å². The van der Waals surface area contributed by atoms with Crippen molar-refractivity contribution in [3.05, 3.63) is 158 Å². The number of carboxylic acid groups (broad SMARTS) is 1. The molecule has 0 bridgehead atoms. The first-order valence-corrected chi connectivity index (χ1v) is 30.6. The van der Waals surface area contributed by atoms with E-state index in [9.17, 15) is 19.5 Å². The van der Waals surface area contributed by atoms with Gasteiger partial charge in [-0.15, -0.1) is 0 Å². The molecular formula is C70H112NO8+. The monoisotopic (exact) mass is 1090 g/mol. The molecule has 9 nitrogen and oxygen atoms in total. The summed E-state index contributed by atoms with van der Waals surface area (Å²) in [5, 5.41) is 9.72. The number of quaternary nitrogens is 1. The van der Waals surface area contributed by atoms with Gasteiger partial charge in [-0.05, 0) is 122 Å². The molecule has 0 radical (unpaired) electrons. The summed E-state index contributed by atoms with van der Waals surface area (Å²) in [4.78, 5) is 37.5. The van der Waals surface area contributed by atoms with Crippen molar-refractivity contribution in [2.75, 3.05) is 47.5 Å². The molecule has 0 aliphatic carbocycles. The van der Waals surface area contributed by atoms with Crippen molar-refractivity contribution in [3.8, 4) is 0 Å². The molecule has 0 aromatic rings. The third-order valence-electron chi connectivity index (χ3n) is 12.3. The summed E-state index contributed by atoms with van der Waals surface area (Å²) < 4.78 is 22.9. The van der Waals surface area contributed by atoms with Crippen LogP contribution in [0.3, 0.4) is 0 Å². The van der Waals surface area contributed by atoms with E-state index >= 15 is 0 Å². The third-order valence-corrected chi connectivity index (χ3v) is 12.3. The highest BCUT2D eigenvalue weighted by Crippen LogP contribution is 2.14. The predicted octanol–water partition coefficient (Wildman–Crippen LogP) is 18.6. The second kappa shape index (κ2) is 59.0. The van der Waals surface area contributed by atoms with Gasteiger partial charge in [-0.2, -0.15) is 0 Å². The third kappa shape index (κ3) is 60.4. The zero-order valence-corrected chi connectivity index (χ0v) is 50.5. The van der Waals surface area contributed by atoms with Gasteiger partial charge in [0.2, 0.25) is 0 Å². The van der Waals surface area contributed by atoms with Crippen LogP contribution < -0.4 is 0 Å². The number of hydrogen-bond donors (Lipinski definition) is 1. The van der Waals surface area contributed by atoms with Crippen LogP contribution in [0.4, 0.5) is 0 Å². The van der Waals surface area contributed by atoms with Crippen molar-refractivity contribution >= 4 is 17.9 Å². The Bertz CT molecular complexity index is 1850. The molecule has 0 spiro atoms. The molecule has 0 amide bonds. The number of hydrogen-bond acceptors (Lipinski definition) is 7. The van der Waals surface area contributed by atoms with Crippen LogP contribution in [0.2, 0.25) is 0 Å². The van der Waals surface area contributed by atoms with E-state index in [-0.39, 0.29) is 38.6 Å². The van der Waals surface area contributed by atoms with Gasteiger partial charge in [0.25, 0.3) is 6.29 Å². The molecule has 0 rings (SSSR count). The van der Waals surface area contributed by atoms with Crippen LogP contribution in [0.5, 0.6) is 0 Å². The van der Waals surface area contributed by atoms with Crippen LogP contribution in [-0.4, -0.2) is 87.4 Å². The molecule has 0 heterocycles. The summed E-state index contributed by atoms with van der Waals surface area (Å²) in [6.45, 7) is 4.58. The standard InChI is InChI=1S/C70H111NO8/c1-6-8-10-12-14-16-18-20-22-24-26-28-30-31-32-33-34-35-36-37-39-41-43-45-47-49-51-53-55-57-59-61-68(73)79-66(65-78-70(69(74)75)76-63-62-71(3,4)5)64-77-67(72)60-58-56-54-52-50-48-46-44-42-40-38-29-27-25-23-21-19-17-15-13-11-9-7-2/h8-11,14-17,20-23,26-29,31-32,34-35,37,39,43,45,49,51,66,70H,6-7,12-13,18-19,24-25,30,33,36,38,40-42,44,46-48,50,52-65H2,1-5H3/p+1/b10-8-,11-9-,16-14-,17-15-,22-20-,23-21-,28-26-,29-27-,32-31-,35-34-,39-37-,45-43-,51-49-. The summed E-state index contributed by atoms with van der Waals surface area (Å²) in [5.74, 6) is -2.08. The molecule has 0 aromatic carbocycles. The van der Waals surface area contributed by atoms with Crippen LogP contribution in [0.15, 0.2) is 158 Å². The molecule has 2 unspecified atom stereocenters. The van der Waals surface area contributed by atoms with Gasteiger partial charge in [0.1, 0.15) is 13.2 Å². The minimum atomic E-state index is -1.53. The highest BCUT2D eigenvalue weighted by molar-refractivity contribution is 5.71. The molecule has 79 heavy (non-hydrogen) atoms. The van der Waals surface area contributed by atoms with Crippen LogP contribution in [-0.2, 0) is 33.3 Å². The van der Waals surface area contributed by atoms with E-state index in [4.69, 9.17) is 18.9 Å². The van der Waals surface area contributed by atoms with E-state index in [2.05, 4.69) is 172 Å². The van der Waals surface area contributed by atoms with Gasteiger partial charge < -0.3 is 28.5 Å². The number of esters is 2. The Morgan fingerprint density at radius 1 is 0.380 bits per heavy atom. The lowest BCUT2D eigenvalue weighted by Crippen LogP contribution is -2.40. The molecule has 0 aromatic heterocycles. The smallest absolute Gasteiger partial charge is 0.361 e. The summed E-state index contributed by atoms with van der Waals surface area (Å²) in [6.07, 6.45) is 84.7. The first kappa shape index (κ1) is 73.9. The number of carboxylic acids is 1. The van der Waals surface area contributed by atoms with Gasteiger partial charge >= 0.3 is 17.9 Å². The number of likely N-dealkylation sites (N-methyl/N-ethyl adjacent to an activating group) is 1. The molecule has 0 aliphatic heterocycles. The minimum Gasteiger partial charge on any atom is -0.477 e. The first-order valence-electron chi connectivity index (χ1n) is 30.6. The Hall–Kier alpha value is -5.09. The van der Waals surface area contributed by atoms with Crippen molar-refractivity contribution in [1.82, 2.24) is 0 Å². The summed E-state index contributed by atoms with van der Waals surface area (Å²) >= 11 is 0. The van der Waals surface area contributed by atoms with E-state index < -0.39 is 24.3 Å². The molecule has 444 valence electrons. The maximum atomic E-state index is 12.9. The molecule has 2 atom stereocenters. The maximum Gasteiger partial charge on any atom is 0.361 e. The van der Waals surface area contributed by atoms with Crippen molar-refractivity contribution in [3.63, 3.8) is 0 Å². The van der Waals surface area contributed by atoms with Crippen molar-refractivity contribution in [2.24, 2.45) is 0 Å². The highest BCUT2D eigenvalue weighted by atomic mass is 16.7. The van der Waals surface area contributed by atoms with Crippen LogP contribution >= 0.6 is 0 Å². The van der Waals surface area contributed by atoms with Gasteiger partial charge in [0, 0.05) is 12.8 Å². The average Bonchev–Trinajstić information content (AvgIpc) is 3.42. The lowest BCUT2D eigenvalue weighted by atomic mass is 10.1. The quantitative estimate of drug-likeness (QED) is 0.0211. The molecule has 0 aliphatic rings. The van der Waals surface area contributed by atoms with E-state index in [0.29, 0.717) is 17.4 Å². The second-order valence-corrected chi connectivity index (χ2v) is 20.9. The summed E-state index contributed by atoms with van der Waals surface area (Å²) in [5.41, 5.74) is 0. The Morgan fingerprint density at radius 3 is 1.03 bits per heavy atom. The minimum absolute atomic E-state index is 0.171. The number of carbonyl (C=O) groups excluding carboxylic acids is 2. The van der Waals surface area contributed by atoms with Gasteiger partial charge in [-0.3, -0.25) is 9.59 Å². The van der Waals surface area contributed by atoms with Crippen LogP contribution in [0.1, 0.15) is 206 Å². The SMILES string of the molecule is CC/C=C\C/C=C\C/C=C\C/C=C\C/C=C\C/C=C\C/C=C\C/C=C\C/C=C\CCCCCC(=O)OC(COC(=O)CCCCCCCCCCCC/C=C\C/C=C\C/C=C\C/C=C\CC)COC(OCC[N+](C)(C)C)C(=O)O. The molecule has 0 saturated carbocycles. The predicted molar refractivity (Wildman–Crippen MR) is 336 cm³/mol. The normalized spacial score (nSPS) is 13.9.